The number of aliphatic imine (C=N–C) groups is 1. The molecule has 0 amide bonds. The number of hydrogen-bond donors (Lipinski definition) is 2. The molecule has 0 spiro atoms. The van der Waals surface area contributed by atoms with Crippen LogP contribution in [0.3, 0.4) is 0 Å². The lowest BCUT2D eigenvalue weighted by Gasteiger charge is -2.15. The van der Waals surface area contributed by atoms with Gasteiger partial charge in [0.2, 0.25) is 0 Å². The molecule has 5 heteroatoms. The van der Waals surface area contributed by atoms with Crippen LogP contribution in [0.25, 0.3) is 0 Å². The van der Waals surface area contributed by atoms with E-state index in [2.05, 4.69) is 33.1 Å². The van der Waals surface area contributed by atoms with Crippen molar-refractivity contribution >= 4 is 34.3 Å². The molecule has 2 rings (SSSR count). The van der Waals surface area contributed by atoms with Crippen LogP contribution in [0.15, 0.2) is 22.5 Å². The lowest BCUT2D eigenvalue weighted by molar-refractivity contribution is 0.701. The molecular weight excluding hydrogens is 274 g/mol. The van der Waals surface area contributed by atoms with Gasteiger partial charge in [-0.15, -0.1) is 28.3 Å². The van der Waals surface area contributed by atoms with Gasteiger partial charge in [0, 0.05) is 24.5 Å². The van der Waals surface area contributed by atoms with Gasteiger partial charge >= 0.3 is 0 Å². The molecule has 1 aromatic rings. The van der Waals surface area contributed by atoms with Crippen LogP contribution in [-0.4, -0.2) is 25.6 Å². The van der Waals surface area contributed by atoms with E-state index in [0.29, 0.717) is 0 Å². The molecule has 0 aliphatic carbocycles. The summed E-state index contributed by atoms with van der Waals surface area (Å²) in [4.78, 5) is 5.77. The van der Waals surface area contributed by atoms with Gasteiger partial charge in [0.05, 0.1) is 0 Å². The number of nitrogens with zero attached hydrogens (tertiary/aromatic N) is 1. The lowest BCUT2D eigenvalue weighted by Crippen LogP contribution is -2.41. The van der Waals surface area contributed by atoms with Crippen LogP contribution in [0.4, 0.5) is 0 Å². The highest BCUT2D eigenvalue weighted by Gasteiger charge is 2.02. The molecule has 0 saturated carbocycles. The molecule has 1 aliphatic heterocycles. The van der Waals surface area contributed by atoms with E-state index in [1.165, 1.54) is 4.88 Å². The number of thiophene rings is 1. The van der Waals surface area contributed by atoms with E-state index in [1.54, 1.807) is 0 Å². The summed E-state index contributed by atoms with van der Waals surface area (Å²) in [6, 6.07) is 4.26. The van der Waals surface area contributed by atoms with Crippen molar-refractivity contribution in [3.63, 3.8) is 0 Å². The first-order valence-electron chi connectivity index (χ1n) is 5.00. The summed E-state index contributed by atoms with van der Waals surface area (Å²) >= 11 is 1.81. The molecule has 15 heavy (non-hydrogen) atoms. The quantitative estimate of drug-likeness (QED) is 0.890. The second-order valence-corrected chi connectivity index (χ2v) is 4.30. The fraction of sp³-hybridized carbons (Fsp3) is 0.500. The summed E-state index contributed by atoms with van der Waals surface area (Å²) in [6.07, 6.45) is 2.23. The molecule has 1 aromatic heterocycles. The van der Waals surface area contributed by atoms with Crippen LogP contribution in [0.5, 0.6) is 0 Å². The minimum atomic E-state index is 0. The van der Waals surface area contributed by atoms with E-state index < -0.39 is 0 Å². The average molecular weight is 290 g/mol. The van der Waals surface area contributed by atoms with Gasteiger partial charge in [-0.2, -0.15) is 0 Å². The highest BCUT2D eigenvalue weighted by molar-refractivity contribution is 8.93. The zero-order chi connectivity index (χ0) is 9.64. The Balaban J connectivity index is 0.00000112. The number of hydrogen-bond acceptors (Lipinski definition) is 4. The van der Waals surface area contributed by atoms with E-state index >= 15 is 0 Å². The monoisotopic (exact) mass is 289 g/mol. The fourth-order valence-corrected chi connectivity index (χ4v) is 2.12. The Kier molecular flexibility index (Phi) is 5.71. The van der Waals surface area contributed by atoms with Crippen LogP contribution >= 0.6 is 28.3 Å². The predicted molar refractivity (Wildman–Crippen MR) is 71.3 cm³/mol. The summed E-state index contributed by atoms with van der Waals surface area (Å²) in [5.74, 6) is 0.966. The van der Waals surface area contributed by atoms with E-state index in [9.17, 15) is 0 Å². The topological polar surface area (TPSA) is 36.4 Å². The van der Waals surface area contributed by atoms with Gasteiger partial charge in [-0.05, 0) is 24.3 Å². The first-order valence-corrected chi connectivity index (χ1v) is 5.88. The lowest BCUT2D eigenvalue weighted by atomic mass is 10.3. The van der Waals surface area contributed by atoms with Crippen LogP contribution < -0.4 is 10.6 Å². The zero-order valence-electron chi connectivity index (χ0n) is 8.53. The maximum Gasteiger partial charge on any atom is 0.191 e. The molecule has 1 aliphatic rings. The third kappa shape index (κ3) is 4.22. The summed E-state index contributed by atoms with van der Waals surface area (Å²) in [6.45, 7) is 2.96. The first-order chi connectivity index (χ1) is 6.95. The van der Waals surface area contributed by atoms with Crippen molar-refractivity contribution in [2.45, 2.75) is 12.8 Å². The van der Waals surface area contributed by atoms with Crippen molar-refractivity contribution in [3.8, 4) is 0 Å². The molecule has 0 unspecified atom stereocenters. The van der Waals surface area contributed by atoms with Crippen molar-refractivity contribution in [1.82, 2.24) is 10.6 Å². The highest BCUT2D eigenvalue weighted by atomic mass is 79.9. The molecule has 0 fully saturated rings. The summed E-state index contributed by atoms with van der Waals surface area (Å²) in [5, 5.41) is 8.66. The number of rotatable bonds is 3. The van der Waals surface area contributed by atoms with Gasteiger partial charge in [0.25, 0.3) is 0 Å². The predicted octanol–water partition coefficient (Wildman–Crippen LogP) is 1.81. The van der Waals surface area contributed by atoms with Gasteiger partial charge in [-0.3, -0.25) is 4.99 Å². The third-order valence-electron chi connectivity index (χ3n) is 2.14. The molecule has 0 aromatic carbocycles. The normalized spacial score (nSPS) is 14.8. The second-order valence-electron chi connectivity index (χ2n) is 3.27. The Bertz CT molecular complexity index is 298. The minimum Gasteiger partial charge on any atom is -0.356 e. The summed E-state index contributed by atoms with van der Waals surface area (Å²) < 4.78 is 0. The van der Waals surface area contributed by atoms with E-state index in [1.807, 2.05) is 11.3 Å². The minimum absolute atomic E-state index is 0. The van der Waals surface area contributed by atoms with Crippen LogP contribution in [0.2, 0.25) is 0 Å². The summed E-state index contributed by atoms with van der Waals surface area (Å²) in [5.41, 5.74) is 0. The van der Waals surface area contributed by atoms with Crippen LogP contribution in [0.1, 0.15) is 11.3 Å². The Morgan fingerprint density at radius 1 is 1.53 bits per heavy atom. The van der Waals surface area contributed by atoms with Crippen LogP contribution in [0, 0.1) is 0 Å². The van der Waals surface area contributed by atoms with Gasteiger partial charge in [0.15, 0.2) is 5.96 Å². The van der Waals surface area contributed by atoms with Crippen molar-refractivity contribution in [3.05, 3.63) is 22.4 Å². The van der Waals surface area contributed by atoms with Gasteiger partial charge in [-0.25, -0.2) is 0 Å². The van der Waals surface area contributed by atoms with Crippen molar-refractivity contribution in [1.29, 1.82) is 0 Å². The second kappa shape index (κ2) is 6.85. The Hall–Kier alpha value is -0.550. The molecule has 84 valence electrons. The maximum absolute atomic E-state index is 4.35. The molecule has 0 saturated heterocycles. The van der Waals surface area contributed by atoms with Gasteiger partial charge in [-0.1, -0.05) is 6.07 Å². The van der Waals surface area contributed by atoms with Gasteiger partial charge < -0.3 is 10.6 Å². The van der Waals surface area contributed by atoms with E-state index in [0.717, 1.165) is 38.4 Å². The van der Waals surface area contributed by atoms with Gasteiger partial charge in [0.1, 0.15) is 0 Å². The van der Waals surface area contributed by atoms with Crippen molar-refractivity contribution < 1.29 is 0 Å². The molecule has 0 atom stereocenters. The average Bonchev–Trinajstić information content (AvgIpc) is 2.72. The smallest absolute Gasteiger partial charge is 0.191 e. The Labute approximate surface area is 105 Å². The molecular formula is C10H16BrN3S. The summed E-state index contributed by atoms with van der Waals surface area (Å²) in [7, 11) is 0. The molecule has 0 bridgehead atoms. The Morgan fingerprint density at radius 2 is 2.47 bits per heavy atom. The largest absolute Gasteiger partial charge is 0.356 e. The number of halogens is 1. The molecule has 3 nitrogen and oxygen atoms in total. The fourth-order valence-electron chi connectivity index (χ4n) is 1.41. The molecule has 2 heterocycles. The SMILES string of the molecule is Br.c1csc(CCNC2=NCCCN2)c1. The molecule has 0 radical (unpaired) electrons. The van der Waals surface area contributed by atoms with Crippen molar-refractivity contribution in [2.24, 2.45) is 4.99 Å². The number of guanidine groups is 1. The number of nitrogens with one attached hydrogen (secondary N) is 2. The van der Waals surface area contributed by atoms with Crippen LogP contribution in [-0.2, 0) is 6.42 Å². The zero-order valence-corrected chi connectivity index (χ0v) is 11.1. The van der Waals surface area contributed by atoms with Crippen molar-refractivity contribution in [2.75, 3.05) is 19.6 Å². The Morgan fingerprint density at radius 3 is 3.13 bits per heavy atom. The highest BCUT2D eigenvalue weighted by Crippen LogP contribution is 2.07. The van der Waals surface area contributed by atoms with E-state index in [-0.39, 0.29) is 17.0 Å². The first kappa shape index (κ1) is 12.5. The maximum atomic E-state index is 4.35. The molecule has 2 N–H and O–H groups in total. The van der Waals surface area contributed by atoms with E-state index in [4.69, 9.17) is 0 Å². The third-order valence-corrected chi connectivity index (χ3v) is 3.08. The standard InChI is InChI=1S/C10H15N3S.BrH/c1-3-9(14-8-1)4-7-13-10-11-5-2-6-12-10;/h1,3,8H,2,4-7H2,(H2,11,12,13);1H.